The van der Waals surface area contributed by atoms with Crippen LogP contribution in [0.25, 0.3) is 27.5 Å². The molecule has 0 N–H and O–H groups in total. The number of nitrogens with zero attached hydrogens (tertiary/aromatic N) is 6. The Morgan fingerprint density at radius 1 is 1.03 bits per heavy atom. The van der Waals surface area contributed by atoms with Gasteiger partial charge in [-0.25, -0.2) is 14.5 Å². The zero-order valence-electron chi connectivity index (χ0n) is 21.9. The molecule has 4 rings (SSSR count). The first-order chi connectivity index (χ1) is 17.5. The molecule has 0 aliphatic rings. The van der Waals surface area contributed by atoms with Crippen molar-refractivity contribution in [3.8, 4) is 21.8 Å². The Bertz CT molecular complexity index is 1290. The van der Waals surface area contributed by atoms with Gasteiger partial charge in [-0.05, 0) is 69.9 Å². The molecule has 4 aromatic rings. The van der Waals surface area contributed by atoms with Crippen LogP contribution in [0.15, 0.2) is 48.1 Å². The van der Waals surface area contributed by atoms with Crippen molar-refractivity contribution < 1.29 is 4.79 Å². The maximum atomic E-state index is 13.4. The summed E-state index contributed by atoms with van der Waals surface area (Å²) in [4.78, 5) is 28.9. The summed E-state index contributed by atoms with van der Waals surface area (Å²) in [6.07, 6.45) is 5.07. The zero-order valence-corrected chi connectivity index (χ0v) is 22.8. The summed E-state index contributed by atoms with van der Waals surface area (Å²) in [6.45, 7) is 14.4. The van der Waals surface area contributed by atoms with E-state index in [9.17, 15) is 4.79 Å². The lowest BCUT2D eigenvalue weighted by Crippen LogP contribution is -2.33. The van der Waals surface area contributed by atoms with Crippen molar-refractivity contribution in [2.45, 2.75) is 53.5 Å². The Morgan fingerprint density at radius 2 is 1.81 bits per heavy atom. The number of carbonyl (C=O) groups is 1. The van der Waals surface area contributed by atoms with Crippen molar-refractivity contribution in [1.82, 2.24) is 24.5 Å². The molecule has 4 heterocycles. The maximum Gasteiger partial charge on any atom is 0.165 e. The predicted octanol–water partition coefficient (Wildman–Crippen LogP) is 6.06. The van der Waals surface area contributed by atoms with Crippen LogP contribution in [0.1, 0.15) is 57.8 Å². The van der Waals surface area contributed by atoms with Crippen molar-refractivity contribution in [2.24, 2.45) is 0 Å². The highest BCUT2D eigenvalue weighted by Gasteiger charge is 2.19. The molecule has 0 fully saturated rings. The molecule has 0 bridgehead atoms. The number of hydrogen-bond donors (Lipinski definition) is 0. The Kier molecular flexibility index (Phi) is 8.48. The molecule has 0 aliphatic carbocycles. The number of thiophene rings is 1. The van der Waals surface area contributed by atoms with Crippen molar-refractivity contribution in [3.63, 3.8) is 0 Å². The second-order valence-electron chi connectivity index (χ2n) is 8.92. The first-order valence-electron chi connectivity index (χ1n) is 12.9. The average molecular weight is 505 g/mol. The van der Waals surface area contributed by atoms with Gasteiger partial charge in [-0.15, -0.1) is 11.3 Å². The topological polar surface area (TPSA) is 66.6 Å². The first-order valence-corrected chi connectivity index (χ1v) is 13.8. The molecular formula is C28H36N6OS. The fraction of sp³-hybridized carbons (Fsp3) is 0.429. The van der Waals surface area contributed by atoms with Crippen LogP contribution in [0, 0.1) is 0 Å². The van der Waals surface area contributed by atoms with Crippen LogP contribution in [0.4, 0.5) is 5.82 Å². The van der Waals surface area contributed by atoms with Gasteiger partial charge in [-0.3, -0.25) is 4.79 Å². The second-order valence-corrected chi connectivity index (χ2v) is 9.87. The average Bonchev–Trinajstić information content (AvgIpc) is 3.58. The highest BCUT2D eigenvalue weighted by Crippen LogP contribution is 2.29. The van der Waals surface area contributed by atoms with E-state index in [2.05, 4.69) is 55.6 Å². The van der Waals surface area contributed by atoms with E-state index < -0.39 is 0 Å². The molecule has 7 nitrogen and oxygen atoms in total. The van der Waals surface area contributed by atoms with Crippen LogP contribution < -0.4 is 4.90 Å². The number of Topliss-reactive ketones (excluding diaryl/α,β-unsaturated/α-hetero) is 1. The van der Waals surface area contributed by atoms with Crippen LogP contribution in [0.3, 0.4) is 0 Å². The van der Waals surface area contributed by atoms with Gasteiger partial charge in [0.05, 0.1) is 28.0 Å². The van der Waals surface area contributed by atoms with E-state index >= 15 is 0 Å². The SMILES string of the molecule is CCN(CC)c1cc(C(=O)CC[C@H](C)N(CC)CC)cc(-c2cnn3ccc(-c4cccs4)nc23)n1. The predicted molar refractivity (Wildman–Crippen MR) is 149 cm³/mol. The van der Waals surface area contributed by atoms with E-state index in [1.165, 1.54) is 0 Å². The normalized spacial score (nSPS) is 12.4. The van der Waals surface area contributed by atoms with Crippen LogP contribution in [-0.2, 0) is 0 Å². The molecule has 0 radical (unpaired) electrons. The summed E-state index contributed by atoms with van der Waals surface area (Å²) in [5.41, 5.74) is 3.89. The van der Waals surface area contributed by atoms with Gasteiger partial charge in [0.25, 0.3) is 0 Å². The minimum absolute atomic E-state index is 0.148. The Morgan fingerprint density at radius 3 is 2.47 bits per heavy atom. The summed E-state index contributed by atoms with van der Waals surface area (Å²) in [5, 5.41) is 6.57. The summed E-state index contributed by atoms with van der Waals surface area (Å²) in [7, 11) is 0. The van der Waals surface area contributed by atoms with Crippen molar-refractivity contribution in [2.75, 3.05) is 31.1 Å². The first kappa shape index (κ1) is 26.0. The fourth-order valence-corrected chi connectivity index (χ4v) is 5.34. The van der Waals surface area contributed by atoms with E-state index in [0.29, 0.717) is 18.0 Å². The minimum atomic E-state index is 0.148. The molecule has 0 spiro atoms. The quantitative estimate of drug-likeness (QED) is 0.219. The minimum Gasteiger partial charge on any atom is -0.357 e. The molecule has 0 saturated carbocycles. The van der Waals surface area contributed by atoms with E-state index in [-0.39, 0.29) is 5.78 Å². The maximum absolute atomic E-state index is 13.4. The Labute approximate surface area is 217 Å². The Hall–Kier alpha value is -3.10. The van der Waals surface area contributed by atoms with Crippen molar-refractivity contribution in [3.05, 3.63) is 53.7 Å². The molecule has 0 unspecified atom stereocenters. The van der Waals surface area contributed by atoms with Crippen LogP contribution in [0.2, 0.25) is 0 Å². The number of pyridine rings is 1. The van der Waals surface area contributed by atoms with Crippen LogP contribution in [0.5, 0.6) is 0 Å². The molecule has 0 saturated heterocycles. The second kappa shape index (κ2) is 11.8. The fourth-order valence-electron chi connectivity index (χ4n) is 4.65. The molecule has 1 atom stereocenters. The molecule has 0 aliphatic heterocycles. The third-order valence-corrected chi connectivity index (χ3v) is 7.76. The van der Waals surface area contributed by atoms with Crippen LogP contribution >= 0.6 is 11.3 Å². The largest absolute Gasteiger partial charge is 0.357 e. The van der Waals surface area contributed by atoms with Gasteiger partial charge >= 0.3 is 0 Å². The monoisotopic (exact) mass is 504 g/mol. The highest BCUT2D eigenvalue weighted by atomic mass is 32.1. The number of rotatable bonds is 12. The molecule has 36 heavy (non-hydrogen) atoms. The highest BCUT2D eigenvalue weighted by molar-refractivity contribution is 7.13. The zero-order chi connectivity index (χ0) is 25.7. The van der Waals surface area contributed by atoms with Gasteiger partial charge in [0.2, 0.25) is 0 Å². The lowest BCUT2D eigenvalue weighted by molar-refractivity contribution is 0.0964. The molecule has 0 aromatic carbocycles. The number of ketones is 1. The number of hydrogen-bond acceptors (Lipinski definition) is 7. The lowest BCUT2D eigenvalue weighted by atomic mass is 10.0. The molecular weight excluding hydrogens is 468 g/mol. The van der Waals surface area contributed by atoms with Gasteiger partial charge in [0.15, 0.2) is 11.4 Å². The van der Waals surface area contributed by atoms with Gasteiger partial charge in [0, 0.05) is 37.3 Å². The Balaban J connectivity index is 1.72. The summed E-state index contributed by atoms with van der Waals surface area (Å²) >= 11 is 1.66. The van der Waals surface area contributed by atoms with Gasteiger partial charge < -0.3 is 9.80 Å². The molecule has 0 amide bonds. The number of aromatic nitrogens is 4. The third kappa shape index (κ3) is 5.50. The van der Waals surface area contributed by atoms with Crippen LogP contribution in [-0.4, -0.2) is 62.5 Å². The van der Waals surface area contributed by atoms with E-state index in [0.717, 1.165) is 65.9 Å². The summed E-state index contributed by atoms with van der Waals surface area (Å²) in [6, 6.07) is 10.3. The van der Waals surface area contributed by atoms with E-state index in [1.807, 2.05) is 35.8 Å². The van der Waals surface area contributed by atoms with Crippen molar-refractivity contribution >= 4 is 28.6 Å². The standard InChI is InChI=1S/C28H36N6OS/c1-6-32(7-2)20(5)12-13-25(35)21-17-24(30-27(18-21)33(8-3)9-4)22-19-29-34-15-14-23(31-28(22)34)26-11-10-16-36-26/h10-11,14-20H,6-9,12-13H2,1-5H3/t20-/m0/s1. The number of fused-ring (bicyclic) bond motifs is 1. The number of carbonyl (C=O) groups excluding carboxylic acids is 1. The third-order valence-electron chi connectivity index (χ3n) is 6.86. The lowest BCUT2D eigenvalue weighted by Gasteiger charge is -2.26. The number of anilines is 1. The summed E-state index contributed by atoms with van der Waals surface area (Å²) in [5.74, 6) is 0.959. The van der Waals surface area contributed by atoms with Gasteiger partial charge in [-0.1, -0.05) is 19.9 Å². The van der Waals surface area contributed by atoms with E-state index in [4.69, 9.17) is 9.97 Å². The summed E-state index contributed by atoms with van der Waals surface area (Å²) < 4.78 is 1.77. The van der Waals surface area contributed by atoms with Crippen molar-refractivity contribution in [1.29, 1.82) is 0 Å². The molecule has 8 heteroatoms. The smallest absolute Gasteiger partial charge is 0.165 e. The van der Waals surface area contributed by atoms with E-state index in [1.54, 1.807) is 22.0 Å². The molecule has 190 valence electrons. The van der Waals surface area contributed by atoms with Gasteiger partial charge in [0.1, 0.15) is 5.82 Å². The molecule has 4 aromatic heterocycles. The van der Waals surface area contributed by atoms with Gasteiger partial charge in [-0.2, -0.15) is 5.10 Å².